The van der Waals surface area contributed by atoms with Gasteiger partial charge in [0, 0.05) is 35.7 Å². The summed E-state index contributed by atoms with van der Waals surface area (Å²) in [7, 11) is 0. The van der Waals surface area contributed by atoms with Crippen molar-refractivity contribution in [2.24, 2.45) is 11.3 Å². The van der Waals surface area contributed by atoms with Crippen molar-refractivity contribution >= 4 is 23.3 Å². The summed E-state index contributed by atoms with van der Waals surface area (Å²) in [6, 6.07) is 5.72. The first-order chi connectivity index (χ1) is 13.1. The Bertz CT molecular complexity index is 902. The quantitative estimate of drug-likeness (QED) is 0.368. The van der Waals surface area contributed by atoms with Crippen molar-refractivity contribution in [3.8, 4) is 0 Å². The van der Waals surface area contributed by atoms with Gasteiger partial charge in [-0.05, 0) is 24.3 Å². The van der Waals surface area contributed by atoms with E-state index in [2.05, 4.69) is 5.32 Å². The summed E-state index contributed by atoms with van der Waals surface area (Å²) in [6.45, 7) is 5.57. The second kappa shape index (κ2) is 7.18. The Labute approximate surface area is 162 Å². The van der Waals surface area contributed by atoms with Gasteiger partial charge in [0.1, 0.15) is 5.92 Å². The van der Waals surface area contributed by atoms with Crippen molar-refractivity contribution in [2.45, 2.75) is 39.5 Å². The smallest absolute Gasteiger partial charge is 0.319 e. The number of ether oxygens (including phenoxy) is 1. The summed E-state index contributed by atoms with van der Waals surface area (Å²) < 4.78 is 5.07. The predicted molar refractivity (Wildman–Crippen MR) is 99.2 cm³/mol. The first-order valence-electron chi connectivity index (χ1n) is 9.12. The summed E-state index contributed by atoms with van der Waals surface area (Å²) in [6.07, 6.45) is 0.740. The van der Waals surface area contributed by atoms with E-state index in [0.717, 1.165) is 0 Å². The minimum atomic E-state index is -1.27. The monoisotopic (exact) mass is 386 g/mol. The van der Waals surface area contributed by atoms with Gasteiger partial charge in [-0.15, -0.1) is 0 Å². The molecule has 0 saturated heterocycles. The van der Waals surface area contributed by atoms with E-state index in [1.807, 2.05) is 13.8 Å². The van der Waals surface area contributed by atoms with Crippen molar-refractivity contribution in [2.75, 3.05) is 6.61 Å². The van der Waals surface area contributed by atoms with Crippen LogP contribution in [-0.4, -0.2) is 29.2 Å². The Morgan fingerprint density at radius 3 is 2.68 bits per heavy atom. The molecule has 2 atom stereocenters. The SMILES string of the molecule is CCOC(=O)C1C(=O)NC2=C(C(=O)CC(C)(C)C2)C1c1cccc([N+](=O)[O-])c1. The molecular weight excluding hydrogens is 364 g/mol. The fourth-order valence-corrected chi connectivity index (χ4v) is 4.02. The summed E-state index contributed by atoms with van der Waals surface area (Å²) >= 11 is 0. The van der Waals surface area contributed by atoms with Crippen molar-refractivity contribution in [1.82, 2.24) is 5.32 Å². The number of benzene rings is 1. The first-order valence-corrected chi connectivity index (χ1v) is 9.12. The van der Waals surface area contributed by atoms with Gasteiger partial charge < -0.3 is 10.1 Å². The van der Waals surface area contributed by atoms with Crippen LogP contribution < -0.4 is 5.32 Å². The van der Waals surface area contributed by atoms with E-state index in [1.54, 1.807) is 13.0 Å². The maximum atomic E-state index is 13.0. The second-order valence-corrected chi connectivity index (χ2v) is 7.88. The number of carbonyl (C=O) groups is 3. The van der Waals surface area contributed by atoms with Crippen molar-refractivity contribution in [3.05, 3.63) is 51.2 Å². The van der Waals surface area contributed by atoms with Crippen LogP contribution in [0.15, 0.2) is 35.5 Å². The highest BCUT2D eigenvalue weighted by molar-refractivity contribution is 6.08. The van der Waals surface area contributed by atoms with Crippen molar-refractivity contribution in [1.29, 1.82) is 0 Å². The van der Waals surface area contributed by atoms with Gasteiger partial charge >= 0.3 is 5.97 Å². The highest BCUT2D eigenvalue weighted by atomic mass is 16.6. The number of rotatable bonds is 4. The van der Waals surface area contributed by atoms with Crippen LogP contribution >= 0.6 is 0 Å². The molecule has 0 radical (unpaired) electrons. The molecule has 0 saturated carbocycles. The predicted octanol–water partition coefficient (Wildman–Crippen LogP) is 2.63. The lowest BCUT2D eigenvalue weighted by Crippen LogP contribution is -2.49. The third-order valence-electron chi connectivity index (χ3n) is 5.10. The molecule has 8 heteroatoms. The number of nitro benzene ring substituents is 1. The van der Waals surface area contributed by atoms with E-state index < -0.39 is 28.6 Å². The van der Waals surface area contributed by atoms with Crippen LogP contribution in [0.4, 0.5) is 5.69 Å². The minimum absolute atomic E-state index is 0.0805. The molecule has 1 aromatic rings. The Morgan fingerprint density at radius 2 is 2.04 bits per heavy atom. The Balaban J connectivity index is 2.19. The molecule has 1 aromatic carbocycles. The number of carbonyl (C=O) groups excluding carboxylic acids is 3. The lowest BCUT2D eigenvalue weighted by atomic mass is 9.67. The van der Waals surface area contributed by atoms with Gasteiger partial charge in [0.25, 0.3) is 5.69 Å². The highest BCUT2D eigenvalue weighted by Crippen LogP contribution is 2.46. The highest BCUT2D eigenvalue weighted by Gasteiger charge is 2.49. The molecule has 1 amide bonds. The third-order valence-corrected chi connectivity index (χ3v) is 5.10. The summed E-state index contributed by atoms with van der Waals surface area (Å²) in [5.41, 5.74) is 0.716. The number of non-ortho nitro benzene ring substituents is 1. The van der Waals surface area contributed by atoms with Gasteiger partial charge in [0.05, 0.1) is 11.5 Å². The lowest BCUT2D eigenvalue weighted by Gasteiger charge is -2.40. The zero-order chi connectivity index (χ0) is 20.6. The van der Waals surface area contributed by atoms with E-state index in [4.69, 9.17) is 4.74 Å². The molecule has 1 aliphatic carbocycles. The van der Waals surface area contributed by atoms with E-state index >= 15 is 0 Å². The molecule has 0 fully saturated rings. The summed E-state index contributed by atoms with van der Waals surface area (Å²) in [5, 5.41) is 13.9. The van der Waals surface area contributed by atoms with E-state index in [9.17, 15) is 24.5 Å². The zero-order valence-corrected chi connectivity index (χ0v) is 16.0. The third kappa shape index (κ3) is 3.54. The number of nitro groups is 1. The Hall–Kier alpha value is -3.03. The molecule has 1 aliphatic heterocycles. The molecule has 1 N–H and O–H groups in total. The fraction of sp³-hybridized carbons (Fsp3) is 0.450. The number of Topliss-reactive ketones (excluding diaryl/α,β-unsaturated/α-hetero) is 1. The molecule has 2 unspecified atom stereocenters. The summed E-state index contributed by atoms with van der Waals surface area (Å²) in [4.78, 5) is 49.0. The number of ketones is 1. The first kappa shape index (κ1) is 19.7. The Morgan fingerprint density at radius 1 is 1.32 bits per heavy atom. The maximum absolute atomic E-state index is 13.0. The molecule has 1 heterocycles. The molecule has 28 heavy (non-hydrogen) atoms. The second-order valence-electron chi connectivity index (χ2n) is 7.88. The molecule has 0 bridgehead atoms. The van der Waals surface area contributed by atoms with Gasteiger partial charge in [-0.25, -0.2) is 0 Å². The average Bonchev–Trinajstić information content (AvgIpc) is 2.59. The number of allylic oxidation sites excluding steroid dienone is 2. The standard InChI is InChI=1S/C20H22N2O6/c1-4-28-19(25)17-15(11-6-5-7-12(8-11)22(26)27)16-13(21-18(17)24)9-20(2,3)10-14(16)23/h5-8,15,17H,4,9-10H2,1-3H3,(H,21,24). The average molecular weight is 386 g/mol. The number of esters is 1. The molecule has 0 aromatic heterocycles. The zero-order valence-electron chi connectivity index (χ0n) is 16.0. The number of hydrogen-bond donors (Lipinski definition) is 1. The van der Waals surface area contributed by atoms with Crippen LogP contribution in [0.3, 0.4) is 0 Å². The molecular formula is C20H22N2O6. The number of nitrogens with zero attached hydrogens (tertiary/aromatic N) is 1. The van der Waals surface area contributed by atoms with Crippen LogP contribution in [0.2, 0.25) is 0 Å². The Kier molecular flexibility index (Phi) is 5.06. The van der Waals surface area contributed by atoms with Gasteiger partial charge in [-0.2, -0.15) is 0 Å². The minimum Gasteiger partial charge on any atom is -0.465 e. The molecule has 148 valence electrons. The van der Waals surface area contributed by atoms with Crippen LogP contribution in [-0.2, 0) is 19.1 Å². The maximum Gasteiger partial charge on any atom is 0.319 e. The van der Waals surface area contributed by atoms with Crippen molar-refractivity contribution in [3.63, 3.8) is 0 Å². The van der Waals surface area contributed by atoms with Crippen LogP contribution in [0.1, 0.15) is 45.1 Å². The van der Waals surface area contributed by atoms with Gasteiger partial charge in [-0.3, -0.25) is 24.5 Å². The van der Waals surface area contributed by atoms with Gasteiger partial charge in [0.15, 0.2) is 5.78 Å². The topological polar surface area (TPSA) is 116 Å². The lowest BCUT2D eigenvalue weighted by molar-refractivity contribution is -0.384. The molecule has 8 nitrogen and oxygen atoms in total. The number of nitrogens with one attached hydrogen (secondary N) is 1. The van der Waals surface area contributed by atoms with E-state index in [1.165, 1.54) is 18.2 Å². The van der Waals surface area contributed by atoms with Gasteiger partial charge in [-0.1, -0.05) is 26.0 Å². The van der Waals surface area contributed by atoms with Crippen LogP contribution in [0.25, 0.3) is 0 Å². The number of hydrogen-bond acceptors (Lipinski definition) is 6. The van der Waals surface area contributed by atoms with Crippen LogP contribution in [0.5, 0.6) is 0 Å². The molecule has 2 aliphatic rings. The fourth-order valence-electron chi connectivity index (χ4n) is 4.02. The van der Waals surface area contributed by atoms with Crippen molar-refractivity contribution < 1.29 is 24.0 Å². The van der Waals surface area contributed by atoms with E-state index in [-0.39, 0.29) is 29.9 Å². The normalized spacial score (nSPS) is 23.7. The summed E-state index contributed by atoms with van der Waals surface area (Å²) in [5.74, 6) is -3.66. The molecule has 3 rings (SSSR count). The largest absolute Gasteiger partial charge is 0.465 e. The molecule has 0 spiro atoms. The number of amides is 1. The van der Waals surface area contributed by atoms with Gasteiger partial charge in [0.2, 0.25) is 5.91 Å². The van der Waals surface area contributed by atoms with Crippen LogP contribution in [0, 0.1) is 21.4 Å². The van der Waals surface area contributed by atoms with E-state index in [0.29, 0.717) is 23.3 Å².